The van der Waals surface area contributed by atoms with Crippen LogP contribution in [0.5, 0.6) is 0 Å². The van der Waals surface area contributed by atoms with Crippen LogP contribution in [-0.2, 0) is 4.74 Å². The van der Waals surface area contributed by atoms with E-state index in [1.165, 1.54) is 13.0 Å². The summed E-state index contributed by atoms with van der Waals surface area (Å²) in [4.78, 5) is 2.37. The predicted molar refractivity (Wildman–Crippen MR) is 40.9 cm³/mol. The van der Waals surface area contributed by atoms with Crippen LogP contribution < -0.4 is 5.32 Å². The molecule has 1 heterocycles. The van der Waals surface area contributed by atoms with Crippen molar-refractivity contribution >= 4 is 0 Å². The van der Waals surface area contributed by atoms with Gasteiger partial charge in [-0.1, -0.05) is 0 Å². The Morgan fingerprint density at radius 1 is 1.40 bits per heavy atom. The molecular weight excluding hydrogens is 128 g/mol. The predicted octanol–water partition coefficient (Wildman–Crippen LogP) is -0.114. The van der Waals surface area contributed by atoms with E-state index in [0.717, 1.165) is 26.4 Å². The zero-order valence-corrected chi connectivity index (χ0v) is 6.60. The second kappa shape index (κ2) is 4.66. The molecule has 1 rings (SSSR count). The number of hydrogen-bond acceptors (Lipinski definition) is 3. The highest BCUT2D eigenvalue weighted by molar-refractivity contribution is 4.58. The van der Waals surface area contributed by atoms with Gasteiger partial charge in [0.05, 0.1) is 6.61 Å². The van der Waals surface area contributed by atoms with Crippen LogP contribution in [-0.4, -0.2) is 44.9 Å². The quantitative estimate of drug-likeness (QED) is 0.585. The largest absolute Gasteiger partial charge is 0.380 e. The minimum atomic E-state index is 0.891. The second-order valence-corrected chi connectivity index (χ2v) is 2.60. The maximum Gasteiger partial charge on any atom is 0.0593 e. The van der Waals surface area contributed by atoms with Crippen LogP contribution in [0.4, 0.5) is 0 Å². The lowest BCUT2D eigenvalue weighted by Gasteiger charge is -2.17. The lowest BCUT2D eigenvalue weighted by atomic mass is 10.4. The van der Waals surface area contributed by atoms with Gasteiger partial charge in [-0.25, -0.2) is 0 Å². The Labute approximate surface area is 62.3 Å². The van der Waals surface area contributed by atoms with E-state index in [2.05, 4.69) is 10.2 Å². The molecule has 0 aromatic rings. The molecule has 1 aliphatic heterocycles. The molecular formula is C7H16N2O. The van der Waals surface area contributed by atoms with Gasteiger partial charge in [0.2, 0.25) is 0 Å². The molecule has 0 aliphatic carbocycles. The molecule has 1 aliphatic rings. The fraction of sp³-hybridized carbons (Fsp3) is 1.00. The molecule has 0 aromatic carbocycles. The fourth-order valence-corrected chi connectivity index (χ4v) is 1.18. The summed E-state index contributed by atoms with van der Waals surface area (Å²) < 4.78 is 5.30. The van der Waals surface area contributed by atoms with Gasteiger partial charge in [0.1, 0.15) is 0 Å². The summed E-state index contributed by atoms with van der Waals surface area (Å²) in [6, 6.07) is 0. The van der Waals surface area contributed by atoms with Crippen molar-refractivity contribution in [1.82, 2.24) is 10.2 Å². The first-order chi connectivity index (χ1) is 4.93. The average molecular weight is 144 g/mol. The first-order valence-corrected chi connectivity index (χ1v) is 3.88. The molecule has 0 radical (unpaired) electrons. The molecule has 0 amide bonds. The first kappa shape index (κ1) is 7.98. The highest BCUT2D eigenvalue weighted by Crippen LogP contribution is 1.96. The van der Waals surface area contributed by atoms with Crippen molar-refractivity contribution in [1.29, 1.82) is 0 Å². The normalized spacial score (nSPS) is 22.5. The van der Waals surface area contributed by atoms with Crippen LogP contribution in [0.1, 0.15) is 6.42 Å². The van der Waals surface area contributed by atoms with E-state index in [1.807, 2.05) is 7.05 Å². The van der Waals surface area contributed by atoms with Gasteiger partial charge in [0.25, 0.3) is 0 Å². The van der Waals surface area contributed by atoms with E-state index in [4.69, 9.17) is 4.74 Å². The SMILES string of the molecule is CNCN1CCCOCC1. The summed E-state index contributed by atoms with van der Waals surface area (Å²) in [6.07, 6.45) is 1.17. The van der Waals surface area contributed by atoms with E-state index in [1.54, 1.807) is 0 Å². The van der Waals surface area contributed by atoms with Crippen molar-refractivity contribution in [2.45, 2.75) is 6.42 Å². The van der Waals surface area contributed by atoms with Gasteiger partial charge in [-0.05, 0) is 13.5 Å². The molecule has 0 saturated carbocycles. The summed E-state index contributed by atoms with van der Waals surface area (Å²) in [5.41, 5.74) is 0. The van der Waals surface area contributed by atoms with Gasteiger partial charge in [-0.3, -0.25) is 4.90 Å². The third-order valence-corrected chi connectivity index (χ3v) is 1.70. The van der Waals surface area contributed by atoms with Crippen molar-refractivity contribution in [3.05, 3.63) is 0 Å². The number of rotatable bonds is 2. The molecule has 60 valence electrons. The number of nitrogens with zero attached hydrogens (tertiary/aromatic N) is 1. The van der Waals surface area contributed by atoms with Gasteiger partial charge in [0, 0.05) is 26.4 Å². The Balaban J connectivity index is 2.15. The van der Waals surface area contributed by atoms with Crippen molar-refractivity contribution in [2.75, 3.05) is 40.0 Å². The van der Waals surface area contributed by atoms with E-state index < -0.39 is 0 Å². The van der Waals surface area contributed by atoms with E-state index in [-0.39, 0.29) is 0 Å². The number of nitrogens with one attached hydrogen (secondary N) is 1. The second-order valence-electron chi connectivity index (χ2n) is 2.60. The van der Waals surface area contributed by atoms with Crippen molar-refractivity contribution < 1.29 is 4.74 Å². The Kier molecular flexibility index (Phi) is 3.72. The lowest BCUT2D eigenvalue weighted by Crippen LogP contribution is -2.34. The topological polar surface area (TPSA) is 24.5 Å². The molecule has 1 fully saturated rings. The van der Waals surface area contributed by atoms with Crippen LogP contribution in [0.3, 0.4) is 0 Å². The summed E-state index contributed by atoms with van der Waals surface area (Å²) >= 11 is 0. The lowest BCUT2D eigenvalue weighted by molar-refractivity contribution is 0.140. The zero-order chi connectivity index (χ0) is 7.23. The third kappa shape index (κ3) is 2.64. The molecule has 0 atom stereocenters. The maximum atomic E-state index is 5.30. The number of ether oxygens (including phenoxy) is 1. The molecule has 10 heavy (non-hydrogen) atoms. The van der Waals surface area contributed by atoms with Gasteiger partial charge in [-0.2, -0.15) is 0 Å². The molecule has 0 unspecified atom stereocenters. The van der Waals surface area contributed by atoms with Crippen LogP contribution in [0.15, 0.2) is 0 Å². The van der Waals surface area contributed by atoms with Crippen molar-refractivity contribution in [3.8, 4) is 0 Å². The van der Waals surface area contributed by atoms with Gasteiger partial charge in [-0.15, -0.1) is 0 Å². The van der Waals surface area contributed by atoms with E-state index in [0.29, 0.717) is 0 Å². The van der Waals surface area contributed by atoms with E-state index >= 15 is 0 Å². The van der Waals surface area contributed by atoms with Gasteiger partial charge >= 0.3 is 0 Å². The molecule has 3 heteroatoms. The Morgan fingerprint density at radius 3 is 3.10 bits per heavy atom. The van der Waals surface area contributed by atoms with Crippen molar-refractivity contribution in [2.24, 2.45) is 0 Å². The summed E-state index contributed by atoms with van der Waals surface area (Å²) in [5.74, 6) is 0. The van der Waals surface area contributed by atoms with E-state index in [9.17, 15) is 0 Å². The summed E-state index contributed by atoms with van der Waals surface area (Å²) in [6.45, 7) is 5.05. The molecule has 1 N–H and O–H groups in total. The first-order valence-electron chi connectivity index (χ1n) is 3.88. The van der Waals surface area contributed by atoms with Crippen LogP contribution in [0, 0.1) is 0 Å². The van der Waals surface area contributed by atoms with Crippen molar-refractivity contribution in [3.63, 3.8) is 0 Å². The zero-order valence-electron chi connectivity index (χ0n) is 6.60. The number of hydrogen-bond donors (Lipinski definition) is 1. The fourth-order valence-electron chi connectivity index (χ4n) is 1.18. The Morgan fingerprint density at radius 2 is 2.30 bits per heavy atom. The third-order valence-electron chi connectivity index (χ3n) is 1.70. The summed E-state index contributed by atoms with van der Waals surface area (Å²) in [7, 11) is 1.98. The molecule has 0 spiro atoms. The Bertz CT molecular complexity index is 79.7. The highest BCUT2D eigenvalue weighted by atomic mass is 16.5. The molecule has 0 bridgehead atoms. The molecule has 3 nitrogen and oxygen atoms in total. The maximum absolute atomic E-state index is 5.30. The smallest absolute Gasteiger partial charge is 0.0593 e. The molecule has 1 saturated heterocycles. The molecule has 0 aromatic heterocycles. The van der Waals surface area contributed by atoms with Crippen LogP contribution >= 0.6 is 0 Å². The summed E-state index contributed by atoms with van der Waals surface area (Å²) in [5, 5.41) is 3.14. The standard InChI is InChI=1S/C7H16N2O/c1-8-7-9-3-2-5-10-6-4-9/h8H,2-7H2,1H3. The van der Waals surface area contributed by atoms with Gasteiger partial charge < -0.3 is 10.1 Å². The van der Waals surface area contributed by atoms with Gasteiger partial charge in [0.15, 0.2) is 0 Å². The minimum Gasteiger partial charge on any atom is -0.380 e. The van der Waals surface area contributed by atoms with Crippen LogP contribution in [0.25, 0.3) is 0 Å². The Hall–Kier alpha value is -0.120. The monoisotopic (exact) mass is 144 g/mol. The average Bonchev–Trinajstić information content (AvgIpc) is 2.17. The van der Waals surface area contributed by atoms with Crippen LogP contribution in [0.2, 0.25) is 0 Å². The minimum absolute atomic E-state index is 0.891. The highest BCUT2D eigenvalue weighted by Gasteiger charge is 2.06.